The molecule has 1 fully saturated rings. The first-order valence-electron chi connectivity index (χ1n) is 6.38. The third-order valence-electron chi connectivity index (χ3n) is 3.57. The number of aryl methyl sites for hydroxylation is 1. The van der Waals surface area contributed by atoms with E-state index in [2.05, 4.69) is 20.6 Å². The molecule has 7 heteroatoms. The lowest BCUT2D eigenvalue weighted by Crippen LogP contribution is -2.11. The van der Waals surface area contributed by atoms with Gasteiger partial charge in [-0.1, -0.05) is 0 Å². The van der Waals surface area contributed by atoms with Crippen LogP contribution in [-0.2, 0) is 10.8 Å². The summed E-state index contributed by atoms with van der Waals surface area (Å²) in [6.45, 7) is 4.78. The Kier molecular flexibility index (Phi) is 3.00. The lowest BCUT2D eigenvalue weighted by Gasteiger charge is -2.08. The molecule has 102 valence electrons. The van der Waals surface area contributed by atoms with E-state index in [1.807, 2.05) is 13.8 Å². The van der Waals surface area contributed by atoms with Crippen molar-refractivity contribution >= 4 is 22.4 Å². The fraction of sp³-hybridized carbons (Fsp3) is 0.583. The predicted octanol–water partition coefficient (Wildman–Crippen LogP) is 1.30. The van der Waals surface area contributed by atoms with Crippen molar-refractivity contribution in [3.63, 3.8) is 0 Å². The van der Waals surface area contributed by atoms with Gasteiger partial charge in [-0.15, -0.1) is 10.2 Å². The highest BCUT2D eigenvalue weighted by atomic mass is 32.2. The van der Waals surface area contributed by atoms with Crippen molar-refractivity contribution in [1.82, 2.24) is 19.8 Å². The molecule has 0 bridgehead atoms. The van der Waals surface area contributed by atoms with Crippen LogP contribution in [0.1, 0.15) is 24.0 Å². The van der Waals surface area contributed by atoms with Gasteiger partial charge < -0.3 is 5.32 Å². The molecule has 0 spiro atoms. The molecule has 1 aliphatic rings. The number of hydrogen-bond acceptors (Lipinski definition) is 5. The highest BCUT2D eigenvalue weighted by molar-refractivity contribution is 7.84. The van der Waals surface area contributed by atoms with Gasteiger partial charge in [0.05, 0.1) is 10.8 Å². The van der Waals surface area contributed by atoms with Crippen LogP contribution in [0, 0.1) is 19.8 Å². The van der Waals surface area contributed by atoms with Crippen LogP contribution in [0.25, 0.3) is 5.65 Å². The zero-order chi connectivity index (χ0) is 13.6. The van der Waals surface area contributed by atoms with E-state index in [4.69, 9.17) is 0 Å². The molecule has 1 N–H and O–H groups in total. The molecular formula is C12H17N5OS. The molecule has 2 heterocycles. The fourth-order valence-electron chi connectivity index (χ4n) is 2.04. The summed E-state index contributed by atoms with van der Waals surface area (Å²) in [5.41, 5.74) is 2.63. The Labute approximate surface area is 114 Å². The van der Waals surface area contributed by atoms with E-state index in [1.165, 1.54) is 12.8 Å². The molecule has 1 unspecified atom stereocenters. The first-order valence-corrected chi connectivity index (χ1v) is 7.93. The molecule has 0 aliphatic heterocycles. The summed E-state index contributed by atoms with van der Waals surface area (Å²) in [7, 11) is -1.11. The molecule has 3 rings (SSSR count). The van der Waals surface area contributed by atoms with Gasteiger partial charge in [0.25, 0.3) is 0 Å². The van der Waals surface area contributed by atoms with Gasteiger partial charge in [-0.3, -0.25) is 4.21 Å². The summed E-state index contributed by atoms with van der Waals surface area (Å²) < 4.78 is 13.4. The van der Waals surface area contributed by atoms with Crippen molar-refractivity contribution in [3.05, 3.63) is 11.1 Å². The van der Waals surface area contributed by atoms with Crippen LogP contribution in [-0.4, -0.2) is 36.8 Å². The summed E-state index contributed by atoms with van der Waals surface area (Å²) in [4.78, 5) is 0. The normalized spacial score (nSPS) is 16.8. The zero-order valence-corrected chi connectivity index (χ0v) is 12.1. The summed E-state index contributed by atoms with van der Waals surface area (Å²) in [5, 5.41) is 16.6. The number of nitrogens with zero attached hydrogens (tertiary/aromatic N) is 4. The van der Waals surface area contributed by atoms with Crippen molar-refractivity contribution in [1.29, 1.82) is 0 Å². The van der Waals surface area contributed by atoms with Gasteiger partial charge in [-0.05, 0) is 38.2 Å². The van der Waals surface area contributed by atoms with Crippen LogP contribution in [0.4, 0.5) is 5.95 Å². The Balaban J connectivity index is 2.06. The van der Waals surface area contributed by atoms with Crippen molar-refractivity contribution < 1.29 is 4.21 Å². The SMILES string of the molecule is Cc1c(S(C)=O)nn2c(NCC3CC3)nnc2c1C. The maximum Gasteiger partial charge on any atom is 0.246 e. The van der Waals surface area contributed by atoms with E-state index < -0.39 is 10.8 Å². The number of hydrogen-bond donors (Lipinski definition) is 1. The molecule has 0 amide bonds. The number of anilines is 1. The minimum atomic E-state index is -1.11. The molecule has 0 aromatic carbocycles. The quantitative estimate of drug-likeness (QED) is 0.913. The minimum absolute atomic E-state index is 0.597. The summed E-state index contributed by atoms with van der Waals surface area (Å²) in [6, 6.07) is 0. The van der Waals surface area contributed by atoms with Crippen LogP contribution >= 0.6 is 0 Å². The van der Waals surface area contributed by atoms with Crippen LogP contribution in [0.3, 0.4) is 0 Å². The van der Waals surface area contributed by atoms with Crippen molar-refractivity contribution in [2.45, 2.75) is 31.7 Å². The predicted molar refractivity (Wildman–Crippen MR) is 73.8 cm³/mol. The molecule has 19 heavy (non-hydrogen) atoms. The van der Waals surface area contributed by atoms with E-state index in [0.29, 0.717) is 11.0 Å². The lowest BCUT2D eigenvalue weighted by atomic mass is 10.2. The maximum atomic E-state index is 11.7. The number of rotatable bonds is 4. The average molecular weight is 279 g/mol. The van der Waals surface area contributed by atoms with Crippen molar-refractivity contribution in [3.8, 4) is 0 Å². The first kappa shape index (κ1) is 12.5. The fourth-order valence-corrected chi connectivity index (χ4v) is 2.82. The van der Waals surface area contributed by atoms with Gasteiger partial charge in [0, 0.05) is 18.4 Å². The third kappa shape index (κ3) is 2.22. The van der Waals surface area contributed by atoms with E-state index >= 15 is 0 Å². The second-order valence-electron chi connectivity index (χ2n) is 5.09. The average Bonchev–Trinajstić information content (AvgIpc) is 3.11. The maximum absolute atomic E-state index is 11.7. The Morgan fingerprint density at radius 3 is 2.68 bits per heavy atom. The van der Waals surface area contributed by atoms with E-state index in [1.54, 1.807) is 10.8 Å². The highest BCUT2D eigenvalue weighted by Crippen LogP contribution is 2.29. The minimum Gasteiger partial charge on any atom is -0.353 e. The Morgan fingerprint density at radius 2 is 2.05 bits per heavy atom. The van der Waals surface area contributed by atoms with Gasteiger partial charge in [0.15, 0.2) is 10.7 Å². The summed E-state index contributed by atoms with van der Waals surface area (Å²) >= 11 is 0. The zero-order valence-electron chi connectivity index (χ0n) is 11.3. The largest absolute Gasteiger partial charge is 0.353 e. The Bertz CT molecular complexity index is 662. The first-order chi connectivity index (χ1) is 9.08. The molecule has 2 aromatic rings. The van der Waals surface area contributed by atoms with Crippen LogP contribution in [0.2, 0.25) is 0 Å². The van der Waals surface area contributed by atoms with E-state index in [0.717, 1.165) is 29.2 Å². The van der Waals surface area contributed by atoms with Crippen LogP contribution in [0.15, 0.2) is 5.03 Å². The standard InChI is InChI=1S/C12H17N5OS/c1-7-8(2)11(19(3)18)16-17-10(7)14-15-12(17)13-6-9-4-5-9/h9H,4-6H2,1-3H3,(H,13,15). The number of nitrogens with one attached hydrogen (secondary N) is 1. The molecule has 1 atom stereocenters. The molecule has 1 aliphatic carbocycles. The molecule has 1 saturated carbocycles. The molecule has 2 aromatic heterocycles. The number of fused-ring (bicyclic) bond motifs is 1. The summed E-state index contributed by atoms with van der Waals surface area (Å²) in [5.74, 6) is 1.38. The van der Waals surface area contributed by atoms with E-state index in [9.17, 15) is 4.21 Å². The Morgan fingerprint density at radius 1 is 1.32 bits per heavy atom. The van der Waals surface area contributed by atoms with Gasteiger partial charge in [0.1, 0.15) is 0 Å². The van der Waals surface area contributed by atoms with Crippen LogP contribution in [0.5, 0.6) is 0 Å². The van der Waals surface area contributed by atoms with Crippen LogP contribution < -0.4 is 5.32 Å². The lowest BCUT2D eigenvalue weighted by molar-refractivity contribution is 0.678. The second kappa shape index (κ2) is 4.56. The van der Waals surface area contributed by atoms with E-state index in [-0.39, 0.29) is 0 Å². The molecule has 6 nitrogen and oxygen atoms in total. The second-order valence-corrected chi connectivity index (χ2v) is 6.39. The number of aromatic nitrogens is 4. The van der Waals surface area contributed by atoms with Gasteiger partial charge in [0.2, 0.25) is 5.95 Å². The molecule has 0 radical (unpaired) electrons. The highest BCUT2D eigenvalue weighted by Gasteiger charge is 2.22. The van der Waals surface area contributed by atoms with Gasteiger partial charge in [-0.2, -0.15) is 9.61 Å². The summed E-state index contributed by atoms with van der Waals surface area (Å²) in [6.07, 6.45) is 4.20. The van der Waals surface area contributed by atoms with Crippen molar-refractivity contribution in [2.75, 3.05) is 18.1 Å². The van der Waals surface area contributed by atoms with Crippen molar-refractivity contribution in [2.24, 2.45) is 5.92 Å². The van der Waals surface area contributed by atoms with Gasteiger partial charge in [-0.25, -0.2) is 0 Å². The Hall–Kier alpha value is -1.50. The molecule has 0 saturated heterocycles. The smallest absolute Gasteiger partial charge is 0.246 e. The monoisotopic (exact) mass is 279 g/mol. The third-order valence-corrected chi connectivity index (χ3v) is 4.50. The topological polar surface area (TPSA) is 72.2 Å². The van der Waals surface area contributed by atoms with Gasteiger partial charge >= 0.3 is 0 Å². The molecular weight excluding hydrogens is 262 g/mol.